The fourth-order valence-electron chi connectivity index (χ4n) is 7.11. The normalized spacial score (nSPS) is 21.8. The summed E-state index contributed by atoms with van der Waals surface area (Å²) in [6.45, 7) is 4.21. The first-order valence-electron chi connectivity index (χ1n) is 22.1. The third-order valence-electron chi connectivity index (χ3n) is 10.7. The van der Waals surface area contributed by atoms with Crippen LogP contribution < -0.4 is 0 Å². The minimum absolute atomic E-state index is 0.159. The summed E-state index contributed by atoms with van der Waals surface area (Å²) in [5, 5.41) is 40.2. The Morgan fingerprint density at radius 2 is 0.963 bits per heavy atom. The van der Waals surface area contributed by atoms with E-state index >= 15 is 0 Å². The van der Waals surface area contributed by atoms with Gasteiger partial charge in [0.05, 0.1) is 18.4 Å². The highest BCUT2D eigenvalue weighted by molar-refractivity contribution is 7.52. The first kappa shape index (κ1) is 50.9. The SMILES string of the molecule is CCCCCCCCCCCCCCCC(=O)OC[C@H](CCP(=O)(O)O[C@H]1[C@H](O)[C@@H](O)[C@H](O)C[C@H]1O)OC(=O)CCCCCCCCCCCCCCC. The Labute approximate surface area is 328 Å². The van der Waals surface area contributed by atoms with Crippen LogP contribution in [0.5, 0.6) is 0 Å². The van der Waals surface area contributed by atoms with Gasteiger partial charge in [-0.3, -0.25) is 18.7 Å². The topological polar surface area (TPSA) is 180 Å². The lowest BCUT2D eigenvalue weighted by atomic mass is 9.87. The molecule has 0 amide bonds. The monoisotopic (exact) mass is 793 g/mol. The molecule has 1 rings (SSSR count). The van der Waals surface area contributed by atoms with Crippen molar-refractivity contribution in [3.8, 4) is 0 Å². The second-order valence-electron chi connectivity index (χ2n) is 15.9. The summed E-state index contributed by atoms with van der Waals surface area (Å²) in [6.07, 6.45) is 21.5. The van der Waals surface area contributed by atoms with E-state index in [0.717, 1.165) is 38.5 Å². The maximum atomic E-state index is 13.0. The fraction of sp³-hybridized carbons (Fsp3) is 0.952. The zero-order valence-electron chi connectivity index (χ0n) is 34.2. The van der Waals surface area contributed by atoms with Gasteiger partial charge in [0.15, 0.2) is 0 Å². The molecule has 0 radical (unpaired) electrons. The molecular weight excluding hydrogens is 711 g/mol. The lowest BCUT2D eigenvalue weighted by Crippen LogP contribution is -2.56. The second-order valence-corrected chi connectivity index (χ2v) is 17.8. The van der Waals surface area contributed by atoms with Crippen LogP contribution in [-0.2, 0) is 28.2 Å². The number of aliphatic hydroxyl groups excluding tert-OH is 4. The van der Waals surface area contributed by atoms with Gasteiger partial charge in [0.1, 0.15) is 31.0 Å². The summed E-state index contributed by atoms with van der Waals surface area (Å²) in [6, 6.07) is 0. The minimum atomic E-state index is -4.47. The lowest BCUT2D eigenvalue weighted by Gasteiger charge is -2.38. The van der Waals surface area contributed by atoms with E-state index in [1.54, 1.807) is 0 Å². The van der Waals surface area contributed by atoms with Crippen LogP contribution in [0.4, 0.5) is 0 Å². The summed E-state index contributed by atoms with van der Waals surface area (Å²) in [5.74, 6) is -0.889. The molecule has 0 aromatic carbocycles. The fourth-order valence-corrected chi connectivity index (χ4v) is 8.47. The number of ether oxygens (including phenoxy) is 2. The van der Waals surface area contributed by atoms with Crippen molar-refractivity contribution in [2.24, 2.45) is 0 Å². The van der Waals surface area contributed by atoms with E-state index in [9.17, 15) is 39.5 Å². The number of aliphatic hydroxyl groups is 4. The molecule has 11 nitrogen and oxygen atoms in total. The molecule has 0 aliphatic heterocycles. The van der Waals surface area contributed by atoms with Crippen molar-refractivity contribution in [3.63, 3.8) is 0 Å². The number of carbonyl (C=O) groups is 2. The Morgan fingerprint density at radius 3 is 1.39 bits per heavy atom. The van der Waals surface area contributed by atoms with Crippen LogP contribution >= 0.6 is 7.60 Å². The number of esters is 2. The van der Waals surface area contributed by atoms with E-state index in [1.807, 2.05) is 0 Å². The number of carbonyl (C=O) groups excluding carboxylic acids is 2. The molecule has 0 bridgehead atoms. The van der Waals surface area contributed by atoms with E-state index in [1.165, 1.54) is 116 Å². The van der Waals surface area contributed by atoms with Gasteiger partial charge in [0.2, 0.25) is 0 Å². The summed E-state index contributed by atoms with van der Waals surface area (Å²) in [5.41, 5.74) is 0. The van der Waals surface area contributed by atoms with Gasteiger partial charge >= 0.3 is 19.5 Å². The number of hydrogen-bond donors (Lipinski definition) is 5. The second kappa shape index (κ2) is 33.0. The molecule has 0 aromatic rings. The molecule has 1 aliphatic rings. The van der Waals surface area contributed by atoms with E-state index < -0.39 is 62.3 Å². The lowest BCUT2D eigenvalue weighted by molar-refractivity contribution is -0.170. The summed E-state index contributed by atoms with van der Waals surface area (Å²) in [7, 11) is -4.47. The number of rotatable bonds is 36. The molecule has 1 fully saturated rings. The van der Waals surface area contributed by atoms with Crippen molar-refractivity contribution in [3.05, 3.63) is 0 Å². The Kier molecular flexibility index (Phi) is 31.1. The molecule has 0 saturated heterocycles. The molecule has 5 N–H and O–H groups in total. The number of unbranched alkanes of at least 4 members (excludes halogenated alkanes) is 24. The maximum Gasteiger partial charge on any atom is 0.328 e. The quantitative estimate of drug-likeness (QED) is 0.0232. The molecule has 7 atom stereocenters. The first-order chi connectivity index (χ1) is 26.0. The molecule has 320 valence electrons. The Hall–Kier alpha value is -1.07. The van der Waals surface area contributed by atoms with Gasteiger partial charge in [-0.15, -0.1) is 0 Å². The van der Waals surface area contributed by atoms with Crippen molar-refractivity contribution in [2.75, 3.05) is 12.8 Å². The third kappa shape index (κ3) is 26.7. The van der Waals surface area contributed by atoms with E-state index in [0.29, 0.717) is 12.8 Å². The average molecular weight is 793 g/mol. The largest absolute Gasteiger partial charge is 0.462 e. The van der Waals surface area contributed by atoms with Crippen LogP contribution in [0, 0.1) is 0 Å². The van der Waals surface area contributed by atoms with Gasteiger partial charge < -0.3 is 34.8 Å². The molecule has 1 unspecified atom stereocenters. The highest BCUT2D eigenvalue weighted by Gasteiger charge is 2.45. The molecule has 1 aliphatic carbocycles. The molecule has 0 heterocycles. The zero-order valence-corrected chi connectivity index (χ0v) is 35.1. The predicted octanol–water partition coefficient (Wildman–Crippen LogP) is 9.21. The van der Waals surface area contributed by atoms with Gasteiger partial charge in [-0.1, -0.05) is 168 Å². The van der Waals surface area contributed by atoms with Gasteiger partial charge in [0.25, 0.3) is 0 Å². The van der Waals surface area contributed by atoms with Crippen LogP contribution in [0.1, 0.15) is 206 Å². The van der Waals surface area contributed by atoms with Crippen molar-refractivity contribution in [1.29, 1.82) is 0 Å². The van der Waals surface area contributed by atoms with Gasteiger partial charge in [-0.05, 0) is 19.3 Å². The minimum Gasteiger partial charge on any atom is -0.462 e. The highest BCUT2D eigenvalue weighted by Crippen LogP contribution is 2.46. The highest BCUT2D eigenvalue weighted by atomic mass is 31.2. The molecule has 54 heavy (non-hydrogen) atoms. The van der Waals surface area contributed by atoms with Crippen molar-refractivity contribution in [2.45, 2.75) is 243 Å². The van der Waals surface area contributed by atoms with Crippen LogP contribution in [0.3, 0.4) is 0 Å². The average Bonchev–Trinajstić information content (AvgIpc) is 3.14. The number of hydrogen-bond acceptors (Lipinski definition) is 10. The standard InChI is InChI=1S/C42H81O11P/c1-3-5-7-9-11-13-15-17-19-21-23-25-27-29-38(45)51-34-35(31-32-54(49,50)53-42-37(44)33-36(43)40(47)41(42)48)52-39(46)30-28-26-24-22-20-18-16-14-12-10-8-6-4-2/h35-37,40-44,47-48H,3-34H2,1-2H3,(H,49,50)/t35-,36+,37+,40-,41+,42+/m0/s1. The molecular formula is C42H81O11P. The van der Waals surface area contributed by atoms with Crippen molar-refractivity contribution in [1.82, 2.24) is 0 Å². The smallest absolute Gasteiger partial charge is 0.328 e. The molecule has 0 spiro atoms. The molecule has 1 saturated carbocycles. The van der Waals surface area contributed by atoms with Gasteiger partial charge in [-0.2, -0.15) is 0 Å². The van der Waals surface area contributed by atoms with E-state index in [-0.39, 0.29) is 32.3 Å². The molecule has 0 aromatic heterocycles. The third-order valence-corrected chi connectivity index (χ3v) is 12.1. The van der Waals surface area contributed by atoms with Crippen LogP contribution in [-0.4, -0.2) is 86.7 Å². The first-order valence-corrected chi connectivity index (χ1v) is 23.8. The zero-order chi connectivity index (χ0) is 39.9. The maximum absolute atomic E-state index is 13.0. The summed E-state index contributed by atoms with van der Waals surface area (Å²) < 4.78 is 29.2. The van der Waals surface area contributed by atoms with Crippen LogP contribution in [0.2, 0.25) is 0 Å². The Morgan fingerprint density at radius 1 is 0.574 bits per heavy atom. The Bertz CT molecular complexity index is 967. The van der Waals surface area contributed by atoms with E-state index in [4.69, 9.17) is 14.0 Å². The van der Waals surface area contributed by atoms with Crippen LogP contribution in [0.25, 0.3) is 0 Å². The van der Waals surface area contributed by atoms with Gasteiger partial charge in [-0.25, -0.2) is 0 Å². The predicted molar refractivity (Wildman–Crippen MR) is 214 cm³/mol. The van der Waals surface area contributed by atoms with Crippen molar-refractivity contribution < 1.29 is 53.5 Å². The van der Waals surface area contributed by atoms with Crippen LogP contribution in [0.15, 0.2) is 0 Å². The van der Waals surface area contributed by atoms with Gasteiger partial charge in [0, 0.05) is 19.3 Å². The molecule has 12 heteroatoms. The summed E-state index contributed by atoms with van der Waals surface area (Å²) >= 11 is 0. The summed E-state index contributed by atoms with van der Waals surface area (Å²) in [4.78, 5) is 35.9. The van der Waals surface area contributed by atoms with Crippen molar-refractivity contribution >= 4 is 19.5 Å². The van der Waals surface area contributed by atoms with E-state index in [2.05, 4.69) is 13.8 Å². The Balaban J connectivity index is 2.44.